The zero-order chi connectivity index (χ0) is 17.1. The van der Waals surface area contributed by atoms with Crippen molar-refractivity contribution in [2.45, 2.75) is 0 Å². The maximum absolute atomic E-state index is 12.5. The normalized spacial score (nSPS) is 16.5. The molecule has 8 heteroatoms. The Bertz CT molecular complexity index is 745. The zero-order valence-electron chi connectivity index (χ0n) is 12.1. The molecule has 0 aromatic heterocycles. The Morgan fingerprint density at radius 2 is 2.17 bits per heavy atom. The fourth-order valence-electron chi connectivity index (χ4n) is 2.00. The molecule has 1 aromatic carbocycles. The number of ether oxygens (including phenoxy) is 1. The predicted molar refractivity (Wildman–Crippen MR) is 93.0 cm³/mol. The molecule has 2 N–H and O–H groups in total. The molecule has 0 atom stereocenters. The number of phenolic OH excluding ortho intramolecular Hbond substituents is 1. The monoisotopic (exact) mass is 396 g/mol. The van der Waals surface area contributed by atoms with Gasteiger partial charge in [0.2, 0.25) is 0 Å². The number of hydrogen-bond acceptors (Lipinski definition) is 5. The SMILES string of the molecule is C=CCN1C(=O)C(=Cc2c(Br)ccc(OC)c2O)C(=O)NC1=S. The number of thiocarbonyl (C=S) groups is 1. The minimum absolute atomic E-state index is 0.0194. The molecule has 0 radical (unpaired) electrons. The topological polar surface area (TPSA) is 78.9 Å². The van der Waals surface area contributed by atoms with Crippen LogP contribution in [0.25, 0.3) is 6.08 Å². The van der Waals surface area contributed by atoms with E-state index in [0.29, 0.717) is 4.47 Å². The summed E-state index contributed by atoms with van der Waals surface area (Å²) in [6.07, 6.45) is 2.79. The number of hydrogen-bond donors (Lipinski definition) is 2. The molecule has 120 valence electrons. The highest BCUT2D eigenvalue weighted by molar-refractivity contribution is 9.10. The molecule has 0 unspecified atom stereocenters. The summed E-state index contributed by atoms with van der Waals surface area (Å²) in [7, 11) is 1.41. The van der Waals surface area contributed by atoms with Crippen molar-refractivity contribution in [2.75, 3.05) is 13.7 Å². The van der Waals surface area contributed by atoms with Gasteiger partial charge in [0, 0.05) is 16.6 Å². The molecular weight excluding hydrogens is 384 g/mol. The molecule has 0 saturated carbocycles. The van der Waals surface area contributed by atoms with E-state index in [-0.39, 0.29) is 34.3 Å². The van der Waals surface area contributed by atoms with Crippen molar-refractivity contribution >= 4 is 51.2 Å². The van der Waals surface area contributed by atoms with Gasteiger partial charge in [0.25, 0.3) is 11.8 Å². The number of amides is 2. The van der Waals surface area contributed by atoms with E-state index in [1.54, 1.807) is 12.1 Å². The van der Waals surface area contributed by atoms with E-state index in [0.717, 1.165) is 0 Å². The quantitative estimate of drug-likeness (QED) is 0.352. The first kappa shape index (κ1) is 17.2. The van der Waals surface area contributed by atoms with E-state index >= 15 is 0 Å². The smallest absolute Gasteiger partial charge is 0.265 e. The van der Waals surface area contributed by atoms with Gasteiger partial charge in [0.05, 0.1) is 7.11 Å². The summed E-state index contributed by atoms with van der Waals surface area (Å²) in [5.74, 6) is -1.15. The lowest BCUT2D eigenvalue weighted by Crippen LogP contribution is -2.53. The molecule has 1 saturated heterocycles. The highest BCUT2D eigenvalue weighted by atomic mass is 79.9. The number of halogens is 1. The predicted octanol–water partition coefficient (Wildman–Crippen LogP) is 1.98. The van der Waals surface area contributed by atoms with Crippen molar-refractivity contribution in [2.24, 2.45) is 0 Å². The van der Waals surface area contributed by atoms with Gasteiger partial charge >= 0.3 is 0 Å². The Kier molecular flexibility index (Phi) is 5.17. The third-order valence-electron chi connectivity index (χ3n) is 3.13. The summed E-state index contributed by atoms with van der Waals surface area (Å²) in [5.41, 5.74) is 0.110. The molecule has 0 bridgehead atoms. The van der Waals surface area contributed by atoms with Crippen molar-refractivity contribution in [1.82, 2.24) is 10.2 Å². The average Bonchev–Trinajstić information content (AvgIpc) is 2.50. The van der Waals surface area contributed by atoms with Gasteiger partial charge in [-0.05, 0) is 30.4 Å². The first-order chi connectivity index (χ1) is 10.9. The van der Waals surface area contributed by atoms with Gasteiger partial charge < -0.3 is 9.84 Å². The van der Waals surface area contributed by atoms with E-state index in [1.165, 1.54) is 24.2 Å². The van der Waals surface area contributed by atoms with Crippen LogP contribution in [0.2, 0.25) is 0 Å². The van der Waals surface area contributed by atoms with Crippen molar-refractivity contribution in [3.8, 4) is 11.5 Å². The number of rotatable bonds is 4. The van der Waals surface area contributed by atoms with E-state index in [9.17, 15) is 14.7 Å². The van der Waals surface area contributed by atoms with Gasteiger partial charge in [-0.15, -0.1) is 6.58 Å². The first-order valence-corrected chi connectivity index (χ1v) is 7.66. The van der Waals surface area contributed by atoms with Crippen LogP contribution in [0.15, 0.2) is 34.8 Å². The number of methoxy groups -OCH3 is 1. The molecule has 23 heavy (non-hydrogen) atoms. The highest BCUT2D eigenvalue weighted by Gasteiger charge is 2.33. The van der Waals surface area contributed by atoms with Crippen LogP contribution in [-0.2, 0) is 9.59 Å². The molecule has 0 aliphatic carbocycles. The Hall–Kier alpha value is -2.19. The standard InChI is InChI=1S/C15H13BrN2O4S/c1-3-6-18-14(21)9(13(20)17-15(18)23)7-8-10(16)4-5-11(22-2)12(8)19/h3-5,7,19H,1,6H2,2H3,(H,17,20,23). The molecular formula is C15H13BrN2O4S. The Balaban J connectivity index is 2.53. The molecule has 1 aliphatic rings. The maximum Gasteiger partial charge on any atom is 0.265 e. The van der Waals surface area contributed by atoms with Gasteiger partial charge in [-0.1, -0.05) is 22.0 Å². The van der Waals surface area contributed by atoms with Crippen molar-refractivity contribution in [1.29, 1.82) is 0 Å². The number of aromatic hydroxyl groups is 1. The van der Waals surface area contributed by atoms with Crippen molar-refractivity contribution in [3.63, 3.8) is 0 Å². The molecule has 1 fully saturated rings. The van der Waals surface area contributed by atoms with Crippen LogP contribution in [-0.4, -0.2) is 40.6 Å². The minimum atomic E-state index is -0.630. The number of nitrogens with zero attached hydrogens (tertiary/aromatic N) is 1. The second kappa shape index (κ2) is 6.93. The van der Waals surface area contributed by atoms with Crippen LogP contribution in [0.4, 0.5) is 0 Å². The molecule has 1 aliphatic heterocycles. The molecule has 2 amide bonds. The van der Waals surface area contributed by atoms with E-state index in [4.69, 9.17) is 17.0 Å². The van der Waals surface area contributed by atoms with Gasteiger partial charge in [0.1, 0.15) is 5.57 Å². The van der Waals surface area contributed by atoms with Gasteiger partial charge in [-0.2, -0.15) is 0 Å². The fourth-order valence-corrected chi connectivity index (χ4v) is 2.68. The second-order valence-corrected chi connectivity index (χ2v) is 5.77. The average molecular weight is 397 g/mol. The van der Waals surface area contributed by atoms with Gasteiger partial charge in [-0.25, -0.2) is 0 Å². The van der Waals surface area contributed by atoms with Gasteiger partial charge in [0.15, 0.2) is 16.6 Å². The summed E-state index contributed by atoms with van der Waals surface area (Å²) < 4.78 is 5.54. The minimum Gasteiger partial charge on any atom is -0.504 e. The van der Waals surface area contributed by atoms with E-state index in [2.05, 4.69) is 27.8 Å². The number of phenols is 1. The molecule has 1 heterocycles. The highest BCUT2D eigenvalue weighted by Crippen LogP contribution is 2.36. The summed E-state index contributed by atoms with van der Waals surface area (Å²) in [4.78, 5) is 25.7. The van der Waals surface area contributed by atoms with Crippen LogP contribution in [0.5, 0.6) is 11.5 Å². The lowest BCUT2D eigenvalue weighted by molar-refractivity contribution is -0.128. The molecule has 6 nitrogen and oxygen atoms in total. The van der Waals surface area contributed by atoms with Crippen LogP contribution in [0, 0.1) is 0 Å². The lowest BCUT2D eigenvalue weighted by Gasteiger charge is -2.27. The van der Waals surface area contributed by atoms with Crippen molar-refractivity contribution < 1.29 is 19.4 Å². The number of carbonyl (C=O) groups excluding carboxylic acids is 2. The number of carbonyl (C=O) groups is 2. The van der Waals surface area contributed by atoms with Crippen LogP contribution < -0.4 is 10.1 Å². The molecule has 2 rings (SSSR count). The number of benzene rings is 1. The Morgan fingerprint density at radius 1 is 1.48 bits per heavy atom. The Labute approximate surface area is 146 Å². The Morgan fingerprint density at radius 3 is 2.78 bits per heavy atom. The van der Waals surface area contributed by atoms with Gasteiger partial charge in [-0.3, -0.25) is 19.8 Å². The summed E-state index contributed by atoms with van der Waals surface area (Å²) in [6.45, 7) is 3.72. The van der Waals surface area contributed by atoms with E-state index in [1.807, 2.05) is 0 Å². The summed E-state index contributed by atoms with van der Waals surface area (Å²) in [5, 5.41) is 12.7. The first-order valence-electron chi connectivity index (χ1n) is 6.46. The third kappa shape index (κ3) is 3.27. The second-order valence-electron chi connectivity index (χ2n) is 4.53. The molecule has 1 aromatic rings. The largest absolute Gasteiger partial charge is 0.504 e. The summed E-state index contributed by atoms with van der Waals surface area (Å²) in [6, 6.07) is 3.20. The lowest BCUT2D eigenvalue weighted by atomic mass is 10.1. The van der Waals surface area contributed by atoms with Crippen LogP contribution in [0.3, 0.4) is 0 Å². The van der Waals surface area contributed by atoms with Crippen molar-refractivity contribution in [3.05, 3.63) is 40.4 Å². The third-order valence-corrected chi connectivity index (χ3v) is 4.15. The summed E-state index contributed by atoms with van der Waals surface area (Å²) >= 11 is 8.25. The van der Waals surface area contributed by atoms with E-state index < -0.39 is 11.8 Å². The number of nitrogens with one attached hydrogen (secondary N) is 1. The van der Waals surface area contributed by atoms with Crippen LogP contribution >= 0.6 is 28.1 Å². The zero-order valence-corrected chi connectivity index (χ0v) is 14.5. The molecule has 0 spiro atoms. The van der Waals surface area contributed by atoms with Crippen LogP contribution in [0.1, 0.15) is 5.56 Å². The fraction of sp³-hybridized carbons (Fsp3) is 0.133. The maximum atomic E-state index is 12.5.